The third kappa shape index (κ3) is 3.24. The first kappa shape index (κ1) is 15.3. The van der Waals surface area contributed by atoms with Crippen LogP contribution in [0, 0.1) is 6.92 Å². The van der Waals surface area contributed by atoms with Crippen molar-refractivity contribution in [3.63, 3.8) is 0 Å². The maximum absolute atomic E-state index is 9.76. The fraction of sp³-hybridized carbons (Fsp3) is 0.467. The lowest BCUT2D eigenvalue weighted by Crippen LogP contribution is -2.48. The molecule has 118 valence electrons. The molecule has 7 heteroatoms. The van der Waals surface area contributed by atoms with E-state index < -0.39 is 0 Å². The first-order chi connectivity index (χ1) is 10.7. The van der Waals surface area contributed by atoms with E-state index in [0.717, 1.165) is 31.7 Å². The zero-order chi connectivity index (χ0) is 15.5. The SMILES string of the molecule is Cc1nnc(N2CCN(C(CO)c3ccc(Cl)cc3)CC2)o1. The third-order valence-electron chi connectivity index (χ3n) is 3.97. The number of halogens is 1. The van der Waals surface area contributed by atoms with Crippen molar-refractivity contribution >= 4 is 17.6 Å². The number of anilines is 1. The molecule has 1 aromatic carbocycles. The fourth-order valence-electron chi connectivity index (χ4n) is 2.76. The Morgan fingerprint density at radius 2 is 1.86 bits per heavy atom. The molecule has 0 amide bonds. The second kappa shape index (κ2) is 6.64. The summed E-state index contributed by atoms with van der Waals surface area (Å²) >= 11 is 5.93. The van der Waals surface area contributed by atoms with Crippen molar-refractivity contribution in [3.8, 4) is 0 Å². The topological polar surface area (TPSA) is 65.6 Å². The van der Waals surface area contributed by atoms with E-state index >= 15 is 0 Å². The first-order valence-electron chi connectivity index (χ1n) is 7.33. The van der Waals surface area contributed by atoms with Crippen LogP contribution in [0.2, 0.25) is 5.02 Å². The van der Waals surface area contributed by atoms with Crippen molar-refractivity contribution in [3.05, 3.63) is 40.7 Å². The van der Waals surface area contributed by atoms with Gasteiger partial charge in [-0.1, -0.05) is 28.8 Å². The molecule has 1 saturated heterocycles. The number of aliphatic hydroxyl groups is 1. The average molecular weight is 323 g/mol. The molecule has 0 aliphatic carbocycles. The van der Waals surface area contributed by atoms with Crippen LogP contribution in [-0.4, -0.2) is 53.0 Å². The van der Waals surface area contributed by atoms with E-state index in [1.807, 2.05) is 24.3 Å². The highest BCUT2D eigenvalue weighted by Crippen LogP contribution is 2.24. The van der Waals surface area contributed by atoms with E-state index in [1.165, 1.54) is 0 Å². The Morgan fingerprint density at radius 3 is 2.41 bits per heavy atom. The molecule has 0 radical (unpaired) electrons. The van der Waals surface area contributed by atoms with Crippen molar-refractivity contribution in [2.75, 3.05) is 37.7 Å². The van der Waals surface area contributed by atoms with Crippen LogP contribution in [0.5, 0.6) is 0 Å². The number of hydrogen-bond acceptors (Lipinski definition) is 6. The molecular formula is C15H19ClN4O2. The number of hydrogen-bond donors (Lipinski definition) is 1. The summed E-state index contributed by atoms with van der Waals surface area (Å²) in [6, 6.07) is 8.22. The molecule has 0 bridgehead atoms. The summed E-state index contributed by atoms with van der Waals surface area (Å²) in [5.41, 5.74) is 1.08. The van der Waals surface area contributed by atoms with Gasteiger partial charge in [-0.15, -0.1) is 5.10 Å². The van der Waals surface area contributed by atoms with Gasteiger partial charge in [0.05, 0.1) is 12.6 Å². The summed E-state index contributed by atoms with van der Waals surface area (Å²) in [5.74, 6) is 0.576. The predicted molar refractivity (Wildman–Crippen MR) is 84.1 cm³/mol. The van der Waals surface area contributed by atoms with Crippen LogP contribution in [-0.2, 0) is 0 Å². The van der Waals surface area contributed by atoms with Crippen LogP contribution >= 0.6 is 11.6 Å². The normalized spacial score (nSPS) is 17.7. The van der Waals surface area contributed by atoms with Gasteiger partial charge in [0, 0.05) is 38.1 Å². The van der Waals surface area contributed by atoms with Gasteiger partial charge in [-0.05, 0) is 17.7 Å². The van der Waals surface area contributed by atoms with Crippen molar-refractivity contribution < 1.29 is 9.52 Å². The summed E-state index contributed by atoms with van der Waals surface area (Å²) in [6.45, 7) is 5.12. The number of piperazine rings is 1. The summed E-state index contributed by atoms with van der Waals surface area (Å²) in [7, 11) is 0. The lowest BCUT2D eigenvalue weighted by molar-refractivity contribution is 0.116. The molecule has 1 aliphatic rings. The summed E-state index contributed by atoms with van der Waals surface area (Å²) in [4.78, 5) is 4.34. The predicted octanol–water partition coefficient (Wildman–Crippen LogP) is 1.89. The Kier molecular flexibility index (Phi) is 4.61. The van der Waals surface area contributed by atoms with Crippen LogP contribution in [0.15, 0.2) is 28.7 Å². The third-order valence-corrected chi connectivity index (χ3v) is 4.22. The van der Waals surface area contributed by atoms with Crippen molar-refractivity contribution in [2.24, 2.45) is 0 Å². The standard InChI is InChI=1S/C15H19ClN4O2/c1-11-17-18-15(22-11)20-8-6-19(7-9-20)14(10-21)12-2-4-13(16)5-3-12/h2-5,14,21H,6-10H2,1H3. The second-order valence-corrected chi connectivity index (χ2v) is 5.81. The van der Waals surface area contributed by atoms with Crippen molar-refractivity contribution in [1.82, 2.24) is 15.1 Å². The van der Waals surface area contributed by atoms with Gasteiger partial charge in [0.2, 0.25) is 5.89 Å². The minimum atomic E-state index is -0.0103. The van der Waals surface area contributed by atoms with Crippen LogP contribution in [0.4, 0.5) is 6.01 Å². The number of rotatable bonds is 4. The van der Waals surface area contributed by atoms with E-state index in [2.05, 4.69) is 20.0 Å². The van der Waals surface area contributed by atoms with Crippen LogP contribution < -0.4 is 4.90 Å². The first-order valence-corrected chi connectivity index (χ1v) is 7.70. The Morgan fingerprint density at radius 1 is 1.18 bits per heavy atom. The Balaban J connectivity index is 1.65. The minimum absolute atomic E-state index is 0.0103. The lowest BCUT2D eigenvalue weighted by Gasteiger charge is -2.38. The van der Waals surface area contributed by atoms with Gasteiger partial charge < -0.3 is 14.4 Å². The second-order valence-electron chi connectivity index (χ2n) is 5.38. The molecule has 22 heavy (non-hydrogen) atoms. The van der Waals surface area contributed by atoms with Crippen LogP contribution in [0.1, 0.15) is 17.5 Å². The number of benzene rings is 1. The molecule has 3 rings (SSSR count). The largest absolute Gasteiger partial charge is 0.408 e. The molecular weight excluding hydrogens is 304 g/mol. The maximum atomic E-state index is 9.76. The number of aliphatic hydroxyl groups excluding tert-OH is 1. The van der Waals surface area contributed by atoms with Gasteiger partial charge in [0.1, 0.15) is 0 Å². The molecule has 2 aromatic rings. The van der Waals surface area contributed by atoms with Gasteiger partial charge in [-0.25, -0.2) is 0 Å². The summed E-state index contributed by atoms with van der Waals surface area (Å²) in [5, 5.41) is 18.4. The average Bonchev–Trinajstić information content (AvgIpc) is 2.97. The fourth-order valence-corrected chi connectivity index (χ4v) is 2.88. The van der Waals surface area contributed by atoms with Gasteiger partial charge in [0.25, 0.3) is 0 Å². The van der Waals surface area contributed by atoms with E-state index in [0.29, 0.717) is 16.9 Å². The van der Waals surface area contributed by atoms with Gasteiger partial charge >= 0.3 is 6.01 Å². The zero-order valence-electron chi connectivity index (χ0n) is 12.4. The molecule has 1 N–H and O–H groups in total. The van der Waals surface area contributed by atoms with E-state index in [-0.39, 0.29) is 12.6 Å². The number of nitrogens with zero attached hydrogens (tertiary/aromatic N) is 4. The van der Waals surface area contributed by atoms with Crippen LogP contribution in [0.25, 0.3) is 0 Å². The Labute approximate surface area is 134 Å². The van der Waals surface area contributed by atoms with Gasteiger partial charge in [-0.2, -0.15) is 0 Å². The summed E-state index contributed by atoms with van der Waals surface area (Å²) in [6.07, 6.45) is 0. The Bertz CT molecular complexity index is 608. The monoisotopic (exact) mass is 322 g/mol. The molecule has 6 nitrogen and oxygen atoms in total. The zero-order valence-corrected chi connectivity index (χ0v) is 13.2. The number of aromatic nitrogens is 2. The van der Waals surface area contributed by atoms with Crippen LogP contribution in [0.3, 0.4) is 0 Å². The molecule has 1 fully saturated rings. The molecule has 1 atom stereocenters. The highest BCUT2D eigenvalue weighted by atomic mass is 35.5. The smallest absolute Gasteiger partial charge is 0.318 e. The van der Waals surface area contributed by atoms with Gasteiger partial charge in [-0.3, -0.25) is 4.90 Å². The van der Waals surface area contributed by atoms with E-state index in [4.69, 9.17) is 16.0 Å². The quantitative estimate of drug-likeness (QED) is 0.927. The van der Waals surface area contributed by atoms with Crippen molar-refractivity contribution in [1.29, 1.82) is 0 Å². The summed E-state index contributed by atoms with van der Waals surface area (Å²) < 4.78 is 5.46. The highest BCUT2D eigenvalue weighted by molar-refractivity contribution is 6.30. The molecule has 2 heterocycles. The highest BCUT2D eigenvalue weighted by Gasteiger charge is 2.26. The number of aryl methyl sites for hydroxylation is 1. The Hall–Kier alpha value is -1.63. The van der Waals surface area contributed by atoms with E-state index in [9.17, 15) is 5.11 Å². The minimum Gasteiger partial charge on any atom is -0.408 e. The van der Waals surface area contributed by atoms with Crippen molar-refractivity contribution in [2.45, 2.75) is 13.0 Å². The lowest BCUT2D eigenvalue weighted by atomic mass is 10.1. The molecule has 0 saturated carbocycles. The maximum Gasteiger partial charge on any atom is 0.318 e. The molecule has 1 unspecified atom stereocenters. The molecule has 1 aromatic heterocycles. The van der Waals surface area contributed by atoms with Gasteiger partial charge in [0.15, 0.2) is 0 Å². The molecule has 0 spiro atoms. The molecule has 1 aliphatic heterocycles. The van der Waals surface area contributed by atoms with E-state index in [1.54, 1.807) is 6.92 Å².